The maximum atomic E-state index is 11.3. The van der Waals surface area contributed by atoms with Crippen LogP contribution in [0.3, 0.4) is 0 Å². The summed E-state index contributed by atoms with van der Waals surface area (Å²) in [6.07, 6.45) is 0.722. The highest BCUT2D eigenvalue weighted by Crippen LogP contribution is 2.20. The molecule has 0 N–H and O–H groups in total. The zero-order valence-corrected chi connectivity index (χ0v) is 14.1. The molecule has 21 heavy (non-hydrogen) atoms. The van der Waals surface area contributed by atoms with Crippen molar-refractivity contribution in [3.63, 3.8) is 0 Å². The van der Waals surface area contributed by atoms with Crippen LogP contribution in [-0.4, -0.2) is 35.4 Å². The quantitative estimate of drug-likeness (QED) is 0.304. The first-order valence-corrected chi connectivity index (χ1v) is 9.23. The molecule has 0 saturated heterocycles. The van der Waals surface area contributed by atoms with Crippen LogP contribution in [0, 0.1) is 0 Å². The van der Waals surface area contributed by atoms with Crippen molar-refractivity contribution in [3.05, 3.63) is 48.0 Å². The van der Waals surface area contributed by atoms with Gasteiger partial charge in [0.25, 0.3) is 0 Å². The van der Waals surface area contributed by atoms with E-state index in [1.165, 1.54) is 5.56 Å². The predicted molar refractivity (Wildman–Crippen MR) is 85.1 cm³/mol. The molecule has 0 aliphatic rings. The number of ether oxygens (including phenoxy) is 1. The van der Waals surface area contributed by atoms with E-state index in [0.717, 1.165) is 18.5 Å². The fraction of sp³-hybridized carbons (Fsp3) is 0.438. The summed E-state index contributed by atoms with van der Waals surface area (Å²) in [6, 6.07) is 11.7. The van der Waals surface area contributed by atoms with Crippen LogP contribution in [0.1, 0.15) is 18.9 Å². The molecule has 0 aliphatic heterocycles. The van der Waals surface area contributed by atoms with E-state index in [4.69, 9.17) is 13.6 Å². The summed E-state index contributed by atoms with van der Waals surface area (Å²) in [5, 5.41) is 0. The molecule has 1 aromatic rings. The van der Waals surface area contributed by atoms with Gasteiger partial charge >= 0.3 is 14.5 Å². The molecule has 1 rings (SSSR count). The molecule has 1 aromatic carbocycles. The molecule has 0 unspecified atom stereocenters. The van der Waals surface area contributed by atoms with Crippen LogP contribution in [0.2, 0.25) is 6.04 Å². The van der Waals surface area contributed by atoms with Gasteiger partial charge in [0.15, 0.2) is 0 Å². The Bertz CT molecular complexity index is 455. The van der Waals surface area contributed by atoms with Gasteiger partial charge in [-0.05, 0) is 25.0 Å². The summed E-state index contributed by atoms with van der Waals surface area (Å²) < 4.78 is 16.5. The van der Waals surface area contributed by atoms with Crippen LogP contribution in [0.15, 0.2) is 42.5 Å². The fourth-order valence-corrected chi connectivity index (χ4v) is 4.64. The smallest absolute Gasteiger partial charge is 0.342 e. The average molecular weight is 308 g/mol. The highest BCUT2D eigenvalue weighted by atomic mass is 28.4. The zero-order chi connectivity index (χ0) is 15.7. The molecule has 0 aliphatic carbocycles. The third-order valence-corrected chi connectivity index (χ3v) is 6.89. The van der Waals surface area contributed by atoms with Crippen molar-refractivity contribution in [2.75, 3.05) is 20.8 Å². The monoisotopic (exact) mass is 308 g/mol. The van der Waals surface area contributed by atoms with Crippen molar-refractivity contribution in [1.82, 2.24) is 0 Å². The third kappa shape index (κ3) is 5.83. The lowest BCUT2D eigenvalue weighted by molar-refractivity contribution is -0.138. The first-order valence-electron chi connectivity index (χ1n) is 7.00. The van der Waals surface area contributed by atoms with Gasteiger partial charge in [0.2, 0.25) is 0 Å². The average Bonchev–Trinajstić information content (AvgIpc) is 2.51. The number of hydrogen-bond acceptors (Lipinski definition) is 4. The second-order valence-electron chi connectivity index (χ2n) is 5.00. The number of benzene rings is 1. The summed E-state index contributed by atoms with van der Waals surface area (Å²) in [5.41, 5.74) is 1.62. The van der Waals surface area contributed by atoms with Crippen LogP contribution in [0.5, 0.6) is 0 Å². The molecule has 0 fully saturated rings. The highest BCUT2D eigenvalue weighted by Gasteiger charge is 2.35. The third-order valence-electron chi connectivity index (χ3n) is 3.34. The lowest BCUT2D eigenvalue weighted by atomic mass is 10.2. The van der Waals surface area contributed by atoms with Gasteiger partial charge in [-0.1, -0.05) is 36.9 Å². The van der Waals surface area contributed by atoms with Crippen molar-refractivity contribution < 1.29 is 18.4 Å². The Morgan fingerprint density at radius 2 is 1.81 bits per heavy atom. The lowest BCUT2D eigenvalue weighted by Gasteiger charge is -2.27. The number of rotatable bonds is 9. The first-order chi connectivity index (χ1) is 10.0. The predicted octanol–water partition coefficient (Wildman–Crippen LogP) is 3.01. The Balaban J connectivity index is 2.52. The van der Waals surface area contributed by atoms with Crippen molar-refractivity contribution >= 4 is 14.5 Å². The van der Waals surface area contributed by atoms with Crippen molar-refractivity contribution in [1.29, 1.82) is 0 Å². The minimum atomic E-state index is -2.30. The van der Waals surface area contributed by atoms with Crippen LogP contribution >= 0.6 is 0 Å². The number of hydrogen-bond donors (Lipinski definition) is 0. The lowest BCUT2D eigenvalue weighted by Crippen LogP contribution is -2.43. The molecule has 0 bridgehead atoms. The summed E-state index contributed by atoms with van der Waals surface area (Å²) in [7, 11) is 1.09. The number of carbonyl (C=O) groups is 1. The minimum absolute atomic E-state index is 0.347. The Labute approximate surface area is 128 Å². The Hall–Kier alpha value is -1.43. The van der Waals surface area contributed by atoms with Gasteiger partial charge in [-0.3, -0.25) is 0 Å². The fourth-order valence-electron chi connectivity index (χ4n) is 2.06. The van der Waals surface area contributed by atoms with Crippen LogP contribution in [0.25, 0.3) is 0 Å². The molecule has 0 amide bonds. The second-order valence-corrected chi connectivity index (χ2v) is 8.49. The molecule has 0 aromatic heterocycles. The molecular weight excluding hydrogens is 284 g/mol. The maximum Gasteiger partial charge on any atom is 0.342 e. The normalized spacial score (nSPS) is 11.2. The summed E-state index contributed by atoms with van der Waals surface area (Å²) in [6.45, 7) is 5.56. The Morgan fingerprint density at radius 1 is 1.19 bits per heavy atom. The second kappa shape index (κ2) is 8.77. The molecule has 0 saturated carbocycles. The maximum absolute atomic E-state index is 11.3. The van der Waals surface area contributed by atoms with Crippen molar-refractivity contribution in [3.8, 4) is 0 Å². The Morgan fingerprint density at radius 3 is 2.33 bits per heavy atom. The van der Waals surface area contributed by atoms with Gasteiger partial charge < -0.3 is 13.6 Å². The number of esters is 1. The van der Waals surface area contributed by atoms with E-state index in [2.05, 4.69) is 18.7 Å². The molecule has 0 radical (unpaired) electrons. The molecular formula is C16H24O4Si. The van der Waals surface area contributed by atoms with Crippen molar-refractivity contribution in [2.24, 2.45) is 0 Å². The standard InChI is InChI=1S/C16H24O4Si/c1-14(2)16(17)20-11-8-12-21(18-3,19-4)13-15-9-6-5-7-10-15/h5-7,9-10H,1,8,11-13H2,2-4H3. The number of carbonyl (C=O) groups excluding carboxylic acids is 1. The van der Waals surface area contributed by atoms with Crippen molar-refractivity contribution in [2.45, 2.75) is 25.4 Å². The minimum Gasteiger partial charge on any atom is -0.462 e. The van der Waals surface area contributed by atoms with Gasteiger partial charge in [-0.25, -0.2) is 4.79 Å². The van der Waals surface area contributed by atoms with E-state index in [-0.39, 0.29) is 5.97 Å². The molecule has 0 heterocycles. The first kappa shape index (κ1) is 17.6. The van der Waals surface area contributed by atoms with E-state index in [0.29, 0.717) is 12.2 Å². The molecule has 116 valence electrons. The van der Waals surface area contributed by atoms with E-state index in [1.807, 2.05) is 18.2 Å². The van der Waals surface area contributed by atoms with Crippen LogP contribution in [0.4, 0.5) is 0 Å². The Kier molecular flexibility index (Phi) is 7.35. The zero-order valence-electron chi connectivity index (χ0n) is 13.1. The highest BCUT2D eigenvalue weighted by molar-refractivity contribution is 6.66. The van der Waals surface area contributed by atoms with Gasteiger partial charge in [0, 0.05) is 25.8 Å². The molecule has 0 atom stereocenters. The molecule has 4 nitrogen and oxygen atoms in total. The van der Waals surface area contributed by atoms with E-state index < -0.39 is 8.56 Å². The largest absolute Gasteiger partial charge is 0.462 e. The van der Waals surface area contributed by atoms with E-state index >= 15 is 0 Å². The van der Waals surface area contributed by atoms with Gasteiger partial charge in [0.05, 0.1) is 6.61 Å². The van der Waals surface area contributed by atoms with Gasteiger partial charge in [-0.15, -0.1) is 0 Å². The summed E-state index contributed by atoms with van der Waals surface area (Å²) in [5.74, 6) is -0.347. The molecule has 5 heteroatoms. The molecule has 0 spiro atoms. The van der Waals surface area contributed by atoms with Crippen LogP contribution < -0.4 is 0 Å². The topological polar surface area (TPSA) is 44.8 Å². The van der Waals surface area contributed by atoms with E-state index in [9.17, 15) is 4.79 Å². The van der Waals surface area contributed by atoms with E-state index in [1.54, 1.807) is 21.1 Å². The summed E-state index contributed by atoms with van der Waals surface area (Å²) >= 11 is 0. The summed E-state index contributed by atoms with van der Waals surface area (Å²) in [4.78, 5) is 11.3. The van der Waals surface area contributed by atoms with Gasteiger partial charge in [-0.2, -0.15) is 0 Å². The van der Waals surface area contributed by atoms with Gasteiger partial charge in [0.1, 0.15) is 0 Å². The SMILES string of the molecule is C=C(C)C(=O)OCCC[Si](Cc1ccccc1)(OC)OC. The van der Waals surface area contributed by atoms with Crippen LogP contribution in [-0.2, 0) is 24.4 Å².